The van der Waals surface area contributed by atoms with Crippen LogP contribution in [-0.2, 0) is 28.9 Å². The molecule has 0 fully saturated rings. The van der Waals surface area contributed by atoms with Gasteiger partial charge >= 0.3 is 11.7 Å². The van der Waals surface area contributed by atoms with Crippen molar-refractivity contribution >= 4 is 17.3 Å². The third-order valence-corrected chi connectivity index (χ3v) is 8.34. The minimum atomic E-state index is -0.384. The predicted octanol–water partition coefficient (Wildman–Crippen LogP) is 7.52. The van der Waals surface area contributed by atoms with E-state index in [9.17, 15) is 14.7 Å². The molecule has 2 heterocycles. The maximum absolute atomic E-state index is 12.8. The van der Waals surface area contributed by atoms with Gasteiger partial charge in [0.25, 0.3) is 0 Å². The normalized spacial score (nSPS) is 12.0. The zero-order valence-corrected chi connectivity index (χ0v) is 26.2. The summed E-state index contributed by atoms with van der Waals surface area (Å²) in [4.78, 5) is 29.2. The minimum Gasteiger partial charge on any atom is -0.497 e. The van der Waals surface area contributed by atoms with Crippen LogP contribution in [0.5, 0.6) is 11.6 Å². The summed E-state index contributed by atoms with van der Waals surface area (Å²) < 4.78 is 18.4. The molecule has 2 N–H and O–H groups in total. The van der Waals surface area contributed by atoms with Gasteiger partial charge in [0, 0.05) is 4.88 Å². The van der Waals surface area contributed by atoms with E-state index in [4.69, 9.17) is 14.2 Å². The summed E-state index contributed by atoms with van der Waals surface area (Å²) in [6.07, 6.45) is 5.88. The van der Waals surface area contributed by atoms with E-state index >= 15 is 0 Å². The summed E-state index contributed by atoms with van der Waals surface area (Å²) in [7, 11) is 1.65. The molecule has 0 amide bonds. The summed E-state index contributed by atoms with van der Waals surface area (Å²) in [5.74, 6) is 0.376. The molecule has 43 heavy (non-hydrogen) atoms. The van der Waals surface area contributed by atoms with Crippen LogP contribution < -0.4 is 10.4 Å². The van der Waals surface area contributed by atoms with Crippen LogP contribution in [0, 0.1) is 0 Å². The van der Waals surface area contributed by atoms with Crippen LogP contribution in [0.4, 0.5) is 0 Å². The highest BCUT2D eigenvalue weighted by atomic mass is 32.1. The Hall–Kier alpha value is -3.82. The Kier molecular flexibility index (Phi) is 11.6. The van der Waals surface area contributed by atoms with Gasteiger partial charge in [0.1, 0.15) is 10.6 Å². The summed E-state index contributed by atoms with van der Waals surface area (Å²) in [6, 6.07) is 19.4. The van der Waals surface area contributed by atoms with Crippen LogP contribution in [0.3, 0.4) is 0 Å². The lowest BCUT2D eigenvalue weighted by Gasteiger charge is -2.19. The Morgan fingerprint density at radius 1 is 0.977 bits per heavy atom. The summed E-state index contributed by atoms with van der Waals surface area (Å²) in [6.45, 7) is 6.33. The number of aromatic amines is 1. The number of carbonyl (C=O) groups excluding carboxylic acids is 1. The zero-order chi connectivity index (χ0) is 30.8. The lowest BCUT2D eigenvalue weighted by atomic mass is 10.0. The molecule has 230 valence electrons. The number of aryl methyl sites for hydroxylation is 1. The van der Waals surface area contributed by atoms with Crippen molar-refractivity contribution in [3.05, 3.63) is 97.7 Å². The number of methoxy groups -OCH3 is 1. The number of hydrogen-bond acceptors (Lipinski definition) is 7. The van der Waals surface area contributed by atoms with Crippen molar-refractivity contribution in [1.29, 1.82) is 0 Å². The molecule has 2 aromatic heterocycles. The first kappa shape index (κ1) is 32.1. The number of aromatic nitrogens is 2. The molecule has 1 atom stereocenters. The fraction of sp³-hybridized carbons (Fsp3) is 0.412. The minimum absolute atomic E-state index is 0.0768. The van der Waals surface area contributed by atoms with Gasteiger partial charge in [-0.2, -0.15) is 0 Å². The molecule has 0 aliphatic rings. The number of unbranched alkanes of at least 4 members (excludes halogenated alkanes) is 2. The average Bonchev–Trinajstić information content (AvgIpc) is 3.58. The van der Waals surface area contributed by atoms with Crippen molar-refractivity contribution in [2.75, 3.05) is 7.11 Å². The molecule has 9 heteroatoms. The quantitative estimate of drug-likeness (QED) is 0.101. The number of thiophene rings is 1. The van der Waals surface area contributed by atoms with Crippen LogP contribution >= 0.6 is 11.3 Å². The second kappa shape index (κ2) is 15.6. The molecule has 0 bridgehead atoms. The van der Waals surface area contributed by atoms with E-state index in [0.29, 0.717) is 42.1 Å². The number of imidazole rings is 1. The molecule has 0 aliphatic heterocycles. The van der Waals surface area contributed by atoms with E-state index in [0.717, 1.165) is 47.4 Å². The van der Waals surface area contributed by atoms with E-state index in [2.05, 4.69) is 11.9 Å². The topological polar surface area (TPSA) is 103 Å². The molecule has 0 saturated carbocycles. The lowest BCUT2D eigenvalue weighted by Crippen LogP contribution is -2.17. The first-order valence-corrected chi connectivity index (χ1v) is 15.8. The number of aromatic hydroxyl groups is 1. The molecular weight excluding hydrogens is 564 g/mol. The van der Waals surface area contributed by atoms with Crippen molar-refractivity contribution in [2.45, 2.75) is 84.5 Å². The van der Waals surface area contributed by atoms with Gasteiger partial charge in [-0.25, -0.2) is 9.59 Å². The van der Waals surface area contributed by atoms with Gasteiger partial charge < -0.3 is 19.3 Å². The first-order chi connectivity index (χ1) is 20.8. The molecule has 4 rings (SSSR count). The van der Waals surface area contributed by atoms with Crippen LogP contribution in [0.1, 0.15) is 90.3 Å². The third-order valence-electron chi connectivity index (χ3n) is 7.22. The third kappa shape index (κ3) is 8.84. The molecule has 2 aromatic carbocycles. The van der Waals surface area contributed by atoms with E-state index in [1.165, 1.54) is 15.9 Å². The smallest absolute Gasteiger partial charge is 0.348 e. The highest BCUT2D eigenvalue weighted by Crippen LogP contribution is 2.28. The fourth-order valence-corrected chi connectivity index (χ4v) is 5.90. The van der Waals surface area contributed by atoms with Gasteiger partial charge in [-0.05, 0) is 87.1 Å². The molecule has 1 unspecified atom stereocenters. The maximum atomic E-state index is 12.8. The number of carbonyl (C=O) groups is 1. The second-order valence-electron chi connectivity index (χ2n) is 10.9. The Bertz CT molecular complexity index is 1500. The second-order valence-corrected chi connectivity index (χ2v) is 12.0. The molecular formula is C34H42N2O6S. The largest absolute Gasteiger partial charge is 0.497 e. The number of nitrogens with zero attached hydrogens (tertiary/aromatic N) is 1. The SMILES string of the molecule is CCCCCC(OCc1ccc(OC)cc1)c1ccc(-n2c(CCCc3ccc(C(=O)OC(C)C)s3)c(O)[nH]c2=O)cc1. The average molecular weight is 607 g/mol. The molecule has 0 radical (unpaired) electrons. The van der Waals surface area contributed by atoms with Crippen molar-refractivity contribution in [2.24, 2.45) is 0 Å². The Morgan fingerprint density at radius 3 is 2.40 bits per heavy atom. The van der Waals surface area contributed by atoms with Crippen molar-refractivity contribution in [3.8, 4) is 17.3 Å². The highest BCUT2D eigenvalue weighted by molar-refractivity contribution is 7.13. The first-order valence-electron chi connectivity index (χ1n) is 15.0. The Balaban J connectivity index is 1.44. The fourth-order valence-electron chi connectivity index (χ4n) is 4.97. The number of rotatable bonds is 16. The van der Waals surface area contributed by atoms with Gasteiger partial charge in [-0.3, -0.25) is 9.55 Å². The molecule has 0 spiro atoms. The van der Waals surface area contributed by atoms with Crippen LogP contribution in [-0.4, -0.2) is 33.8 Å². The number of nitrogens with one attached hydrogen (secondary N) is 1. The number of esters is 1. The Morgan fingerprint density at radius 2 is 1.72 bits per heavy atom. The van der Waals surface area contributed by atoms with E-state index in [1.807, 2.05) is 68.4 Å². The zero-order valence-electron chi connectivity index (χ0n) is 25.4. The number of ether oxygens (including phenoxy) is 3. The molecule has 0 aliphatic carbocycles. The van der Waals surface area contributed by atoms with E-state index < -0.39 is 0 Å². The van der Waals surface area contributed by atoms with Gasteiger partial charge in [0.05, 0.1) is 37.3 Å². The molecule has 0 saturated heterocycles. The van der Waals surface area contributed by atoms with Gasteiger partial charge in [0.2, 0.25) is 5.88 Å². The number of H-pyrrole nitrogens is 1. The van der Waals surface area contributed by atoms with Crippen molar-refractivity contribution in [1.82, 2.24) is 9.55 Å². The molecule has 4 aromatic rings. The van der Waals surface area contributed by atoms with Crippen molar-refractivity contribution in [3.63, 3.8) is 0 Å². The summed E-state index contributed by atoms with van der Waals surface area (Å²) >= 11 is 1.41. The Labute approximate surface area is 257 Å². The summed E-state index contributed by atoms with van der Waals surface area (Å²) in [5, 5.41) is 10.5. The predicted molar refractivity (Wildman–Crippen MR) is 170 cm³/mol. The summed E-state index contributed by atoms with van der Waals surface area (Å²) in [5.41, 5.74) is 2.95. The number of benzene rings is 2. The van der Waals surface area contributed by atoms with Gasteiger partial charge in [-0.15, -0.1) is 11.3 Å². The standard InChI is InChI=1S/C34H42N2O6S/c1-5-6-7-11-30(41-22-24-12-18-27(40-4)19-13-24)25-14-16-26(17-15-25)36-29(32(37)35-34(36)39)10-8-9-28-20-21-31(43-28)33(38)42-23(2)3/h12-21,23,30,37H,5-11,22H2,1-4H3,(H,35,39). The maximum Gasteiger partial charge on any atom is 0.348 e. The highest BCUT2D eigenvalue weighted by Gasteiger charge is 2.18. The monoisotopic (exact) mass is 606 g/mol. The number of hydrogen-bond donors (Lipinski definition) is 2. The van der Waals surface area contributed by atoms with Crippen molar-refractivity contribution < 1.29 is 24.1 Å². The van der Waals surface area contributed by atoms with E-state index in [-0.39, 0.29) is 29.7 Å². The van der Waals surface area contributed by atoms with Crippen LogP contribution in [0.15, 0.2) is 65.5 Å². The molecule has 8 nitrogen and oxygen atoms in total. The van der Waals surface area contributed by atoms with Gasteiger partial charge in [-0.1, -0.05) is 50.5 Å². The van der Waals surface area contributed by atoms with E-state index in [1.54, 1.807) is 13.2 Å². The van der Waals surface area contributed by atoms with Gasteiger partial charge in [0.15, 0.2) is 0 Å². The van der Waals surface area contributed by atoms with Crippen LogP contribution in [0.25, 0.3) is 5.69 Å². The lowest BCUT2D eigenvalue weighted by molar-refractivity contribution is 0.0322. The van der Waals surface area contributed by atoms with Crippen LogP contribution in [0.2, 0.25) is 0 Å².